The number of nitrogens with one attached hydrogen (secondary N) is 1. The molecule has 11 heteroatoms. The quantitative estimate of drug-likeness (QED) is 0.450. The molecule has 0 bridgehead atoms. The molecule has 1 aromatic carbocycles. The molecule has 174 valence electrons. The van der Waals surface area contributed by atoms with Gasteiger partial charge in [-0.3, -0.25) is 14.2 Å². The number of hydrogen-bond acceptors (Lipinski definition) is 6. The number of aryl methyl sites for hydroxylation is 2. The third-order valence-electron chi connectivity index (χ3n) is 5.54. The molecule has 3 aromatic rings. The van der Waals surface area contributed by atoms with Gasteiger partial charge in [0.1, 0.15) is 15.5 Å². The lowest BCUT2D eigenvalue weighted by atomic mass is 10.2. The van der Waals surface area contributed by atoms with Gasteiger partial charge in [0.15, 0.2) is 23.6 Å². The molecular weight excluding hydrogens is 459 g/mol. The summed E-state index contributed by atoms with van der Waals surface area (Å²) in [4.78, 5) is 43.2. The fraction of sp³-hybridized carbons (Fsp3) is 0.364. The summed E-state index contributed by atoms with van der Waals surface area (Å²) >= 11 is 1.01. The number of carbonyl (C=O) groups is 2. The summed E-state index contributed by atoms with van der Waals surface area (Å²) in [5.74, 6) is -5.77. The number of anilines is 1. The maximum absolute atomic E-state index is 13.8. The first-order valence-corrected chi connectivity index (χ1v) is 11.2. The molecule has 0 fully saturated rings. The van der Waals surface area contributed by atoms with E-state index in [0.717, 1.165) is 36.7 Å². The molecule has 0 aliphatic carbocycles. The summed E-state index contributed by atoms with van der Waals surface area (Å²) in [7, 11) is 0. The predicted molar refractivity (Wildman–Crippen MR) is 116 cm³/mol. The average molecular weight is 479 g/mol. The van der Waals surface area contributed by atoms with Crippen molar-refractivity contribution in [2.45, 2.75) is 52.2 Å². The van der Waals surface area contributed by atoms with Crippen molar-refractivity contribution in [2.24, 2.45) is 0 Å². The maximum atomic E-state index is 13.8. The molecule has 1 unspecified atom stereocenters. The van der Waals surface area contributed by atoms with Gasteiger partial charge in [0.2, 0.25) is 0 Å². The first-order chi connectivity index (χ1) is 15.7. The molecule has 1 aliphatic rings. The van der Waals surface area contributed by atoms with Crippen LogP contribution in [0.15, 0.2) is 16.9 Å². The number of hydrogen-bond donors (Lipinski definition) is 1. The Bertz CT molecular complexity index is 1330. The zero-order valence-electron chi connectivity index (χ0n) is 17.8. The monoisotopic (exact) mass is 479 g/mol. The van der Waals surface area contributed by atoms with Gasteiger partial charge in [-0.05, 0) is 44.4 Å². The van der Waals surface area contributed by atoms with E-state index in [2.05, 4.69) is 10.3 Å². The molecule has 2 aromatic heterocycles. The van der Waals surface area contributed by atoms with Crippen molar-refractivity contribution >= 4 is 39.1 Å². The molecule has 1 N–H and O–H groups in total. The fourth-order valence-electron chi connectivity index (χ4n) is 3.73. The molecule has 0 spiro atoms. The van der Waals surface area contributed by atoms with Gasteiger partial charge < -0.3 is 10.1 Å². The highest BCUT2D eigenvalue weighted by molar-refractivity contribution is 7.20. The molecule has 1 aliphatic heterocycles. The van der Waals surface area contributed by atoms with Crippen molar-refractivity contribution in [1.82, 2.24) is 9.55 Å². The van der Waals surface area contributed by atoms with Crippen molar-refractivity contribution in [2.75, 3.05) is 5.32 Å². The number of rotatable bonds is 4. The highest BCUT2D eigenvalue weighted by atomic mass is 32.1. The van der Waals surface area contributed by atoms with E-state index in [9.17, 15) is 27.6 Å². The van der Waals surface area contributed by atoms with E-state index in [1.807, 2.05) is 0 Å². The maximum Gasteiger partial charge on any atom is 0.349 e. The summed E-state index contributed by atoms with van der Waals surface area (Å²) in [5, 5.41) is 2.41. The second-order valence-corrected chi connectivity index (χ2v) is 8.79. The summed E-state index contributed by atoms with van der Waals surface area (Å²) in [6, 6.07) is 1.53. The first kappa shape index (κ1) is 23.0. The van der Waals surface area contributed by atoms with Crippen LogP contribution in [0.25, 0.3) is 10.2 Å². The molecule has 0 radical (unpaired) electrons. The minimum absolute atomic E-state index is 0.133. The molecule has 1 atom stereocenters. The lowest BCUT2D eigenvalue weighted by molar-refractivity contribution is -0.123. The van der Waals surface area contributed by atoms with Gasteiger partial charge in [-0.2, -0.15) is 0 Å². The smallest absolute Gasteiger partial charge is 0.349 e. The van der Waals surface area contributed by atoms with Gasteiger partial charge in [-0.15, -0.1) is 11.3 Å². The van der Waals surface area contributed by atoms with E-state index in [-0.39, 0.29) is 10.4 Å². The standard InChI is InChI=1S/C22H20F3N3O4S/c1-10-15-20(27-14-6-4-3-5-9-28(14)21(15)30)33-18(10)22(31)32-11(2)19(29)26-13-8-7-12(23)16(24)17(13)25/h7-8,11H,3-6,9H2,1-2H3,(H,26,29). The Kier molecular flexibility index (Phi) is 6.24. The van der Waals surface area contributed by atoms with E-state index < -0.39 is 41.1 Å². The van der Waals surface area contributed by atoms with Gasteiger partial charge >= 0.3 is 5.97 Å². The van der Waals surface area contributed by atoms with Gasteiger partial charge in [0, 0.05) is 13.0 Å². The van der Waals surface area contributed by atoms with Gasteiger partial charge in [0.05, 0.1) is 11.1 Å². The second-order valence-electron chi connectivity index (χ2n) is 7.79. The number of halogens is 3. The molecule has 1 amide bonds. The van der Waals surface area contributed by atoms with Crippen LogP contribution in [-0.4, -0.2) is 27.5 Å². The van der Waals surface area contributed by atoms with Gasteiger partial charge in [-0.1, -0.05) is 6.42 Å². The second kappa shape index (κ2) is 8.97. The molecule has 4 rings (SSSR count). The zero-order chi connectivity index (χ0) is 23.9. The van der Waals surface area contributed by atoms with Crippen molar-refractivity contribution in [3.63, 3.8) is 0 Å². The number of thiophene rings is 1. The number of carbonyl (C=O) groups excluding carboxylic acids is 2. The molecular formula is C22H20F3N3O4S. The normalized spacial score (nSPS) is 14.5. The average Bonchev–Trinajstić information content (AvgIpc) is 2.95. The lowest BCUT2D eigenvalue weighted by Crippen LogP contribution is -2.30. The van der Waals surface area contributed by atoms with Crippen LogP contribution in [-0.2, 0) is 22.5 Å². The summed E-state index contributed by atoms with van der Waals surface area (Å²) in [6.45, 7) is 3.44. The summed E-state index contributed by atoms with van der Waals surface area (Å²) < 4.78 is 47.1. The Balaban J connectivity index is 1.56. The Morgan fingerprint density at radius 1 is 1.18 bits per heavy atom. The Morgan fingerprint density at radius 2 is 1.94 bits per heavy atom. The van der Waals surface area contributed by atoms with Crippen LogP contribution in [0, 0.1) is 24.4 Å². The van der Waals surface area contributed by atoms with Crippen LogP contribution in [0.5, 0.6) is 0 Å². The number of esters is 1. The van der Waals surface area contributed by atoms with Crippen LogP contribution in [0.2, 0.25) is 0 Å². The molecule has 7 nitrogen and oxygen atoms in total. The van der Waals surface area contributed by atoms with E-state index in [0.29, 0.717) is 40.6 Å². The van der Waals surface area contributed by atoms with E-state index >= 15 is 0 Å². The van der Waals surface area contributed by atoms with E-state index in [1.54, 1.807) is 11.5 Å². The van der Waals surface area contributed by atoms with E-state index in [1.165, 1.54) is 6.92 Å². The Hall–Kier alpha value is -3.21. The first-order valence-electron chi connectivity index (χ1n) is 10.4. The molecule has 33 heavy (non-hydrogen) atoms. The van der Waals surface area contributed by atoms with Gasteiger partial charge in [0.25, 0.3) is 11.5 Å². The van der Waals surface area contributed by atoms with Crippen molar-refractivity contribution in [3.8, 4) is 0 Å². The Labute approximate surface area is 190 Å². The van der Waals surface area contributed by atoms with Crippen molar-refractivity contribution < 1.29 is 27.5 Å². The summed E-state index contributed by atoms with van der Waals surface area (Å²) in [5.41, 5.74) is -0.376. The largest absolute Gasteiger partial charge is 0.448 e. The third kappa shape index (κ3) is 4.24. The number of aromatic nitrogens is 2. The number of nitrogens with zero attached hydrogens (tertiary/aromatic N) is 2. The van der Waals surface area contributed by atoms with Crippen molar-refractivity contribution in [3.05, 3.63) is 56.2 Å². The zero-order valence-corrected chi connectivity index (χ0v) is 18.7. The molecule has 3 heterocycles. The van der Waals surface area contributed by atoms with Crippen LogP contribution in [0.4, 0.5) is 18.9 Å². The van der Waals surface area contributed by atoms with Crippen molar-refractivity contribution in [1.29, 1.82) is 0 Å². The summed E-state index contributed by atoms with van der Waals surface area (Å²) in [6.07, 6.45) is 2.13. The number of fused-ring (bicyclic) bond motifs is 2. The topological polar surface area (TPSA) is 90.3 Å². The third-order valence-corrected chi connectivity index (χ3v) is 6.71. The Morgan fingerprint density at radius 3 is 2.70 bits per heavy atom. The fourth-order valence-corrected chi connectivity index (χ4v) is 4.80. The van der Waals surface area contributed by atoms with Crippen LogP contribution in [0.1, 0.15) is 47.2 Å². The lowest BCUT2D eigenvalue weighted by Gasteiger charge is -2.14. The van der Waals surface area contributed by atoms with Crippen LogP contribution < -0.4 is 10.9 Å². The van der Waals surface area contributed by atoms with Crippen LogP contribution >= 0.6 is 11.3 Å². The van der Waals surface area contributed by atoms with Crippen LogP contribution in [0.3, 0.4) is 0 Å². The highest BCUT2D eigenvalue weighted by Crippen LogP contribution is 2.29. The molecule has 0 saturated heterocycles. The number of ether oxygens (including phenoxy) is 1. The number of benzene rings is 1. The predicted octanol–water partition coefficient (Wildman–Crippen LogP) is 4.09. The highest BCUT2D eigenvalue weighted by Gasteiger charge is 2.26. The minimum Gasteiger partial charge on any atom is -0.448 e. The number of amides is 1. The molecule has 0 saturated carbocycles. The van der Waals surface area contributed by atoms with E-state index in [4.69, 9.17) is 4.74 Å². The minimum atomic E-state index is -1.73. The SMILES string of the molecule is Cc1c(C(=O)OC(C)C(=O)Nc2ccc(F)c(F)c2F)sc2nc3n(c(=O)c12)CCCCC3. The van der Waals surface area contributed by atoms with Gasteiger partial charge in [-0.25, -0.2) is 22.9 Å².